The second-order valence-electron chi connectivity index (χ2n) is 4.71. The fourth-order valence-electron chi connectivity index (χ4n) is 2.17. The minimum absolute atomic E-state index is 0.0445. The lowest BCUT2D eigenvalue weighted by Gasteiger charge is -2.19. The van der Waals surface area contributed by atoms with E-state index in [0.717, 1.165) is 28.8 Å². The molecule has 1 amide bonds. The number of aryl methyl sites for hydroxylation is 2. The molecule has 0 atom stereocenters. The predicted molar refractivity (Wildman–Crippen MR) is 102 cm³/mol. The summed E-state index contributed by atoms with van der Waals surface area (Å²) in [4.78, 5) is 14.3. The van der Waals surface area contributed by atoms with E-state index in [1.54, 1.807) is 4.90 Å². The van der Waals surface area contributed by atoms with Crippen molar-refractivity contribution in [3.05, 3.63) is 65.2 Å². The molecule has 0 aliphatic rings. The molecule has 0 saturated heterocycles. The van der Waals surface area contributed by atoms with Gasteiger partial charge in [0.15, 0.2) is 0 Å². The Morgan fingerprint density at radius 1 is 0.957 bits per heavy atom. The van der Waals surface area contributed by atoms with Crippen LogP contribution in [0.3, 0.4) is 0 Å². The molecule has 0 bridgehead atoms. The molecule has 2 heteroatoms. The Bertz CT molecular complexity index is 590. The van der Waals surface area contributed by atoms with Gasteiger partial charge in [-0.3, -0.25) is 4.79 Å². The number of carbonyl (C=O) groups is 1. The molecule has 2 rings (SSSR count). The normalized spacial score (nSPS) is 9.00. The van der Waals surface area contributed by atoms with Gasteiger partial charge in [0.25, 0.3) is 5.91 Å². The maximum Gasteiger partial charge on any atom is 0.258 e. The molecule has 0 heterocycles. The first kappa shape index (κ1) is 20.9. The Labute approximate surface area is 142 Å². The van der Waals surface area contributed by atoms with Crippen LogP contribution in [0.25, 0.3) is 0 Å². The van der Waals surface area contributed by atoms with E-state index in [1.165, 1.54) is 0 Å². The van der Waals surface area contributed by atoms with E-state index in [9.17, 15) is 4.79 Å². The molecule has 2 aromatic rings. The first-order valence-electron chi connectivity index (χ1n) is 8.56. The van der Waals surface area contributed by atoms with E-state index in [0.29, 0.717) is 0 Å². The summed E-state index contributed by atoms with van der Waals surface area (Å²) < 4.78 is 0. The maximum atomic E-state index is 12.6. The van der Waals surface area contributed by atoms with E-state index in [2.05, 4.69) is 6.92 Å². The third kappa shape index (κ3) is 5.90. The van der Waals surface area contributed by atoms with Crippen molar-refractivity contribution >= 4 is 11.6 Å². The highest BCUT2D eigenvalue weighted by Crippen LogP contribution is 2.19. The molecule has 0 aliphatic carbocycles. The average molecular weight is 313 g/mol. The van der Waals surface area contributed by atoms with Crippen molar-refractivity contribution in [3.63, 3.8) is 0 Å². The molecule has 0 N–H and O–H groups in total. The van der Waals surface area contributed by atoms with Crippen molar-refractivity contribution in [1.82, 2.24) is 0 Å². The highest BCUT2D eigenvalue weighted by atomic mass is 16.2. The molecule has 0 fully saturated rings. The summed E-state index contributed by atoms with van der Waals surface area (Å²) in [6.45, 7) is 12.1. The van der Waals surface area contributed by atoms with Crippen LogP contribution in [0.2, 0.25) is 0 Å². The Balaban J connectivity index is 0.00000112. The second-order valence-corrected chi connectivity index (χ2v) is 4.71. The summed E-state index contributed by atoms with van der Waals surface area (Å²) in [7, 11) is 1.82. The van der Waals surface area contributed by atoms with E-state index in [-0.39, 0.29) is 5.91 Å². The van der Waals surface area contributed by atoms with Crippen molar-refractivity contribution in [1.29, 1.82) is 0 Å². The Morgan fingerprint density at radius 2 is 1.57 bits per heavy atom. The summed E-state index contributed by atoms with van der Waals surface area (Å²) in [6.07, 6.45) is 0.865. The number of hydrogen-bond donors (Lipinski definition) is 0. The quantitative estimate of drug-likeness (QED) is 0.692. The minimum atomic E-state index is 0.0445. The number of nitrogens with zero attached hydrogens (tertiary/aromatic N) is 1. The summed E-state index contributed by atoms with van der Waals surface area (Å²) in [6, 6.07) is 15.8. The summed E-state index contributed by atoms with van der Waals surface area (Å²) in [5.41, 5.74) is 3.96. The molecule has 0 unspecified atom stereocenters. The zero-order valence-corrected chi connectivity index (χ0v) is 15.7. The van der Waals surface area contributed by atoms with Crippen molar-refractivity contribution in [3.8, 4) is 0 Å². The third-order valence-corrected chi connectivity index (χ3v) is 3.32. The van der Waals surface area contributed by atoms with Gasteiger partial charge < -0.3 is 4.90 Å². The topological polar surface area (TPSA) is 20.3 Å². The molecule has 0 spiro atoms. The second kappa shape index (κ2) is 11.5. The van der Waals surface area contributed by atoms with Crippen LogP contribution in [0.15, 0.2) is 48.5 Å². The van der Waals surface area contributed by atoms with Crippen LogP contribution in [0.5, 0.6) is 0 Å². The molecule has 126 valence electrons. The van der Waals surface area contributed by atoms with Gasteiger partial charge in [-0.05, 0) is 42.7 Å². The van der Waals surface area contributed by atoms with Crippen molar-refractivity contribution in [2.45, 2.75) is 48.0 Å². The van der Waals surface area contributed by atoms with Crippen LogP contribution < -0.4 is 4.90 Å². The van der Waals surface area contributed by atoms with Crippen molar-refractivity contribution in [2.75, 3.05) is 11.9 Å². The molecule has 2 nitrogen and oxygen atoms in total. The molecule has 2 aromatic carbocycles. The molecular weight excluding hydrogens is 282 g/mol. The number of benzene rings is 2. The highest BCUT2D eigenvalue weighted by Gasteiger charge is 2.15. The van der Waals surface area contributed by atoms with Gasteiger partial charge in [0, 0.05) is 18.3 Å². The van der Waals surface area contributed by atoms with Gasteiger partial charge in [-0.1, -0.05) is 65.0 Å². The lowest BCUT2D eigenvalue weighted by atomic mass is 10.0. The van der Waals surface area contributed by atoms with Crippen LogP contribution in [0.1, 0.15) is 56.1 Å². The largest absolute Gasteiger partial charge is 0.311 e. The van der Waals surface area contributed by atoms with E-state index in [4.69, 9.17) is 0 Å². The van der Waals surface area contributed by atoms with Crippen LogP contribution in [-0.4, -0.2) is 13.0 Å². The van der Waals surface area contributed by atoms with Gasteiger partial charge in [0.2, 0.25) is 0 Å². The summed E-state index contributed by atoms with van der Waals surface area (Å²) in [5, 5.41) is 0. The molecule has 0 aromatic heterocycles. The molecule has 0 aliphatic heterocycles. The standard InChI is InChI=1S/C17H19NO.2C2H6/c1-4-14-9-5-6-11-16(14)17(19)18(3)15-10-7-8-13(2)12-15;2*1-2/h5-12H,4H2,1-3H3;2*1-2H3. The SMILES string of the molecule is CC.CC.CCc1ccccc1C(=O)N(C)c1cccc(C)c1. The zero-order valence-electron chi connectivity index (χ0n) is 15.7. The number of anilines is 1. The summed E-state index contributed by atoms with van der Waals surface area (Å²) in [5.74, 6) is 0.0445. The van der Waals surface area contributed by atoms with Crippen LogP contribution >= 0.6 is 0 Å². The van der Waals surface area contributed by atoms with Crippen LogP contribution in [0, 0.1) is 6.92 Å². The smallest absolute Gasteiger partial charge is 0.258 e. The minimum Gasteiger partial charge on any atom is -0.311 e. The first-order valence-corrected chi connectivity index (χ1v) is 8.56. The zero-order chi connectivity index (χ0) is 17.8. The van der Waals surface area contributed by atoms with Gasteiger partial charge in [0.1, 0.15) is 0 Å². The average Bonchev–Trinajstić information content (AvgIpc) is 2.63. The van der Waals surface area contributed by atoms with E-state index in [1.807, 2.05) is 90.2 Å². The van der Waals surface area contributed by atoms with Gasteiger partial charge in [-0.2, -0.15) is 0 Å². The van der Waals surface area contributed by atoms with Crippen LogP contribution in [-0.2, 0) is 6.42 Å². The fraction of sp³-hybridized carbons (Fsp3) is 0.381. The predicted octanol–water partition coefficient (Wildman–Crippen LogP) is 5.89. The number of rotatable bonds is 3. The molecular formula is C21H31NO. The number of hydrogen-bond acceptors (Lipinski definition) is 1. The third-order valence-electron chi connectivity index (χ3n) is 3.32. The monoisotopic (exact) mass is 313 g/mol. The Kier molecular flexibility index (Phi) is 10.4. The Hall–Kier alpha value is -2.09. The lowest BCUT2D eigenvalue weighted by molar-refractivity contribution is 0.0992. The van der Waals surface area contributed by atoms with Crippen molar-refractivity contribution < 1.29 is 4.79 Å². The molecule has 23 heavy (non-hydrogen) atoms. The van der Waals surface area contributed by atoms with Crippen LogP contribution in [0.4, 0.5) is 5.69 Å². The van der Waals surface area contributed by atoms with Crippen molar-refractivity contribution in [2.24, 2.45) is 0 Å². The maximum absolute atomic E-state index is 12.6. The molecule has 0 radical (unpaired) electrons. The lowest BCUT2D eigenvalue weighted by Crippen LogP contribution is -2.27. The fourth-order valence-corrected chi connectivity index (χ4v) is 2.17. The van der Waals surface area contributed by atoms with Gasteiger partial charge >= 0.3 is 0 Å². The van der Waals surface area contributed by atoms with E-state index < -0.39 is 0 Å². The molecule has 0 saturated carbocycles. The first-order chi connectivity index (χ1) is 11.1. The Morgan fingerprint density at radius 3 is 2.13 bits per heavy atom. The highest BCUT2D eigenvalue weighted by molar-refractivity contribution is 6.06. The number of carbonyl (C=O) groups excluding carboxylic acids is 1. The van der Waals surface area contributed by atoms with Gasteiger partial charge in [-0.15, -0.1) is 0 Å². The number of amides is 1. The van der Waals surface area contributed by atoms with E-state index >= 15 is 0 Å². The summed E-state index contributed by atoms with van der Waals surface area (Å²) >= 11 is 0. The van der Waals surface area contributed by atoms with Gasteiger partial charge in [0.05, 0.1) is 0 Å². The van der Waals surface area contributed by atoms with Gasteiger partial charge in [-0.25, -0.2) is 0 Å².